The Kier molecular flexibility index (Phi) is 9.93. The molecule has 0 fully saturated rings. The molecule has 2 heterocycles. The molecule has 4 rings (SSSR count). The first kappa shape index (κ1) is 27.7. The summed E-state index contributed by atoms with van der Waals surface area (Å²) in [6.07, 6.45) is 4.50. The van der Waals surface area contributed by atoms with Crippen molar-refractivity contribution in [3.63, 3.8) is 0 Å². The van der Waals surface area contributed by atoms with Gasteiger partial charge < -0.3 is 14.2 Å². The Hall–Kier alpha value is -2.87. The predicted octanol–water partition coefficient (Wildman–Crippen LogP) is 3.51. The second kappa shape index (κ2) is 12.9. The van der Waals surface area contributed by atoms with Gasteiger partial charge in [0.25, 0.3) is 15.9 Å². The Morgan fingerprint density at radius 2 is 1.47 bits per heavy atom. The first-order valence-corrected chi connectivity index (χ1v) is 11.8. The first-order valence-electron chi connectivity index (χ1n) is 10.3. The van der Waals surface area contributed by atoms with Crippen LogP contribution in [0, 0.1) is 0 Å². The summed E-state index contributed by atoms with van der Waals surface area (Å²) < 4.78 is 45.0. The fraction of sp³-hybridized carbons (Fsp3) is 0.0833. The van der Waals surface area contributed by atoms with Gasteiger partial charge >= 0.3 is 51.4 Å². The summed E-state index contributed by atoms with van der Waals surface area (Å²) in [5, 5.41) is 1.03. The number of benzene rings is 2. The molecule has 0 unspecified atom stereocenters. The molecule has 0 saturated carbocycles. The third kappa shape index (κ3) is 7.09. The molecule has 0 aliphatic carbocycles. The van der Waals surface area contributed by atoms with Crippen LogP contribution in [-0.2, 0) is 10.0 Å². The van der Waals surface area contributed by atoms with E-state index in [0.717, 1.165) is 5.41 Å². The van der Waals surface area contributed by atoms with Crippen LogP contribution < -0.4 is 18.9 Å². The standard InChI is InChI=1S/C24H21N5O5S.K.H/c1-32-18-11-6-7-12-19(18)34-20-21(29-35(30,31)16-13-17-9-4-3-5-10-17)27-23(28-24(20)33-2)22-25-14-8-15-26-22;;/h3-16H,1-2H3,(H,27,28,29);;/b16-13+;;. The minimum absolute atomic E-state index is 0. The zero-order chi connectivity index (χ0) is 24.7. The number of nitrogens with one attached hydrogen (secondary N) is 1. The number of methoxy groups -OCH3 is 2. The van der Waals surface area contributed by atoms with E-state index in [1.54, 1.807) is 54.6 Å². The zero-order valence-corrected chi connectivity index (χ0v) is 19.6. The molecule has 36 heavy (non-hydrogen) atoms. The molecule has 180 valence electrons. The van der Waals surface area contributed by atoms with Gasteiger partial charge in [-0.2, -0.15) is 4.98 Å². The van der Waals surface area contributed by atoms with Gasteiger partial charge in [-0.25, -0.2) is 23.4 Å². The van der Waals surface area contributed by atoms with Crippen LogP contribution in [0.1, 0.15) is 5.56 Å². The molecule has 0 amide bonds. The molecule has 0 aliphatic heterocycles. The van der Waals surface area contributed by atoms with E-state index in [1.165, 1.54) is 32.7 Å². The van der Waals surface area contributed by atoms with Crippen molar-refractivity contribution in [2.45, 2.75) is 0 Å². The van der Waals surface area contributed by atoms with Gasteiger partial charge in [-0.05, 0) is 29.8 Å². The summed E-state index contributed by atoms with van der Waals surface area (Å²) in [6, 6.07) is 17.5. The van der Waals surface area contributed by atoms with Crippen LogP contribution in [0.25, 0.3) is 17.7 Å². The summed E-state index contributed by atoms with van der Waals surface area (Å²) in [5.74, 6) is 0.688. The van der Waals surface area contributed by atoms with E-state index in [-0.39, 0.29) is 80.5 Å². The topological polar surface area (TPSA) is 125 Å². The SMILES string of the molecule is COc1ccccc1Oc1c(NS(=O)(=O)/C=C/c2ccccc2)nc(-c2ncccn2)nc1OC.[KH]. The zero-order valence-electron chi connectivity index (χ0n) is 18.8. The number of aromatic nitrogens is 4. The summed E-state index contributed by atoms with van der Waals surface area (Å²) in [6.45, 7) is 0. The number of ether oxygens (including phenoxy) is 3. The average Bonchev–Trinajstić information content (AvgIpc) is 2.89. The number of nitrogens with zero attached hydrogens (tertiary/aromatic N) is 4. The molecule has 4 aromatic rings. The molecular weight excluding hydrogens is 509 g/mol. The average molecular weight is 532 g/mol. The van der Waals surface area contributed by atoms with Crippen LogP contribution >= 0.6 is 0 Å². The number of anilines is 1. The molecule has 10 nitrogen and oxygen atoms in total. The van der Waals surface area contributed by atoms with Crippen molar-refractivity contribution in [3.05, 3.63) is 84.0 Å². The Balaban J connectivity index is 0.00000361. The van der Waals surface area contributed by atoms with Crippen LogP contribution in [0.5, 0.6) is 23.1 Å². The number of rotatable bonds is 9. The molecular formula is C24H22KN5O5S. The van der Waals surface area contributed by atoms with E-state index in [1.807, 2.05) is 6.07 Å². The quantitative estimate of drug-likeness (QED) is 0.323. The Bertz CT molecular complexity index is 1440. The fourth-order valence-electron chi connectivity index (χ4n) is 2.96. The van der Waals surface area contributed by atoms with Crippen molar-refractivity contribution in [3.8, 4) is 34.8 Å². The van der Waals surface area contributed by atoms with E-state index < -0.39 is 10.0 Å². The van der Waals surface area contributed by atoms with Gasteiger partial charge in [0.15, 0.2) is 23.1 Å². The van der Waals surface area contributed by atoms with Crippen LogP contribution in [0.15, 0.2) is 78.5 Å². The summed E-state index contributed by atoms with van der Waals surface area (Å²) in [5.41, 5.74) is 0.710. The van der Waals surface area contributed by atoms with Crippen molar-refractivity contribution in [1.82, 2.24) is 19.9 Å². The summed E-state index contributed by atoms with van der Waals surface area (Å²) in [4.78, 5) is 16.9. The molecule has 2 aromatic heterocycles. The third-order valence-electron chi connectivity index (χ3n) is 4.55. The van der Waals surface area contributed by atoms with Crippen LogP contribution in [0.2, 0.25) is 0 Å². The molecule has 12 heteroatoms. The van der Waals surface area contributed by atoms with Gasteiger partial charge in [0, 0.05) is 12.4 Å². The summed E-state index contributed by atoms with van der Waals surface area (Å²) >= 11 is 0. The normalized spacial score (nSPS) is 10.9. The van der Waals surface area contributed by atoms with E-state index in [9.17, 15) is 8.42 Å². The minimum atomic E-state index is -4.02. The van der Waals surface area contributed by atoms with Crippen LogP contribution in [-0.4, -0.2) is 94.0 Å². The molecule has 0 bridgehead atoms. The first-order chi connectivity index (χ1) is 17.0. The van der Waals surface area contributed by atoms with Gasteiger partial charge in [-0.15, -0.1) is 0 Å². The molecule has 0 atom stereocenters. The van der Waals surface area contributed by atoms with Gasteiger partial charge in [0.1, 0.15) is 0 Å². The Morgan fingerprint density at radius 3 is 2.14 bits per heavy atom. The second-order valence-electron chi connectivity index (χ2n) is 6.92. The number of sulfonamides is 1. The molecule has 1 N–H and O–H groups in total. The Morgan fingerprint density at radius 1 is 0.806 bits per heavy atom. The van der Waals surface area contributed by atoms with Crippen molar-refractivity contribution in [1.29, 1.82) is 0 Å². The number of hydrogen-bond acceptors (Lipinski definition) is 9. The van der Waals surface area contributed by atoms with Crippen molar-refractivity contribution < 1.29 is 22.6 Å². The van der Waals surface area contributed by atoms with E-state index >= 15 is 0 Å². The van der Waals surface area contributed by atoms with E-state index in [2.05, 4.69) is 24.7 Å². The third-order valence-corrected chi connectivity index (χ3v) is 5.53. The van der Waals surface area contributed by atoms with Crippen molar-refractivity contribution >= 4 is 73.3 Å². The molecule has 2 aromatic carbocycles. The molecule has 0 spiro atoms. The van der Waals surface area contributed by atoms with Crippen molar-refractivity contribution in [2.75, 3.05) is 18.9 Å². The van der Waals surface area contributed by atoms with Gasteiger partial charge in [0.05, 0.1) is 19.6 Å². The number of hydrogen-bond donors (Lipinski definition) is 1. The van der Waals surface area contributed by atoms with E-state index in [0.29, 0.717) is 17.1 Å². The van der Waals surface area contributed by atoms with Gasteiger partial charge in [-0.1, -0.05) is 42.5 Å². The van der Waals surface area contributed by atoms with Gasteiger partial charge in [0.2, 0.25) is 11.6 Å². The molecule has 0 radical (unpaired) electrons. The molecule has 0 saturated heterocycles. The maximum absolute atomic E-state index is 12.9. The van der Waals surface area contributed by atoms with Crippen molar-refractivity contribution in [2.24, 2.45) is 0 Å². The monoisotopic (exact) mass is 531 g/mol. The van der Waals surface area contributed by atoms with Crippen LogP contribution in [0.3, 0.4) is 0 Å². The number of para-hydroxylation sites is 2. The maximum atomic E-state index is 12.9. The Labute approximate surface area is 251 Å². The predicted molar refractivity (Wildman–Crippen MR) is 138 cm³/mol. The molecule has 0 aliphatic rings. The summed E-state index contributed by atoms with van der Waals surface area (Å²) in [7, 11) is -1.15. The van der Waals surface area contributed by atoms with E-state index in [4.69, 9.17) is 14.2 Å². The van der Waals surface area contributed by atoms with Crippen LogP contribution in [0.4, 0.5) is 5.82 Å². The fourth-order valence-corrected chi connectivity index (χ4v) is 3.77. The van der Waals surface area contributed by atoms with Gasteiger partial charge in [-0.3, -0.25) is 4.72 Å². The second-order valence-corrected chi connectivity index (χ2v) is 8.49.